The van der Waals surface area contributed by atoms with Crippen LogP contribution in [-0.2, 0) is 27.2 Å². The Morgan fingerprint density at radius 3 is 2.24 bits per heavy atom. The number of esters is 1. The Kier molecular flexibility index (Phi) is 8.63. The van der Waals surface area contributed by atoms with E-state index in [1.165, 1.54) is 21.3 Å². The van der Waals surface area contributed by atoms with Gasteiger partial charge < -0.3 is 28.7 Å². The lowest BCUT2D eigenvalue weighted by Gasteiger charge is -2.43. The largest absolute Gasteiger partial charge is 0.496 e. The first kappa shape index (κ1) is 29.7. The average molecular weight is 599 g/mol. The minimum Gasteiger partial charge on any atom is -0.496 e. The third-order valence-corrected chi connectivity index (χ3v) is 8.87. The summed E-state index contributed by atoms with van der Waals surface area (Å²) in [6.07, 6.45) is 4.80. The zero-order valence-electron chi connectivity index (χ0n) is 24.2. The van der Waals surface area contributed by atoms with Gasteiger partial charge in [0.15, 0.2) is 17.3 Å². The lowest BCUT2D eigenvalue weighted by molar-refractivity contribution is -0.185. The number of Topliss-reactive ketones (excluding diaryl/α,β-unsaturated/α-hetero) is 1. The zero-order chi connectivity index (χ0) is 30.0. The van der Waals surface area contributed by atoms with E-state index in [1.54, 1.807) is 31.4 Å². The van der Waals surface area contributed by atoms with Crippen LogP contribution in [0.15, 0.2) is 29.1 Å². The number of cyclic esters (lactones) is 1. The molecule has 1 aliphatic carbocycles. The molecule has 1 aliphatic heterocycles. The molecule has 2 aromatic carbocycles. The summed E-state index contributed by atoms with van der Waals surface area (Å²) in [6, 6.07) is 6.67. The van der Waals surface area contributed by atoms with Gasteiger partial charge >= 0.3 is 5.97 Å². The van der Waals surface area contributed by atoms with Crippen molar-refractivity contribution < 1.29 is 33.3 Å². The Hall–Kier alpha value is -3.79. The molecule has 0 bridgehead atoms. The van der Waals surface area contributed by atoms with E-state index in [2.05, 4.69) is 9.97 Å². The normalized spacial score (nSPS) is 20.9. The fourth-order valence-electron chi connectivity index (χ4n) is 6.35. The van der Waals surface area contributed by atoms with Crippen LogP contribution < -0.4 is 24.5 Å². The number of benzene rings is 2. The van der Waals surface area contributed by atoms with Crippen molar-refractivity contribution in [3.8, 4) is 23.0 Å². The van der Waals surface area contributed by atoms with Crippen molar-refractivity contribution in [3.63, 3.8) is 0 Å². The second-order valence-corrected chi connectivity index (χ2v) is 11.3. The second-order valence-electron chi connectivity index (χ2n) is 10.9. The molecule has 1 aromatic heterocycles. The maximum absolute atomic E-state index is 13.7. The van der Waals surface area contributed by atoms with Crippen molar-refractivity contribution >= 4 is 34.3 Å². The van der Waals surface area contributed by atoms with E-state index in [0.717, 1.165) is 31.2 Å². The monoisotopic (exact) mass is 598 g/mol. The Balaban J connectivity index is 1.40. The van der Waals surface area contributed by atoms with Crippen LogP contribution in [0.2, 0.25) is 5.02 Å². The Morgan fingerprint density at radius 2 is 1.60 bits per heavy atom. The van der Waals surface area contributed by atoms with E-state index in [9.17, 15) is 14.4 Å². The van der Waals surface area contributed by atoms with Crippen LogP contribution in [0.4, 0.5) is 0 Å². The molecule has 10 nitrogen and oxygen atoms in total. The van der Waals surface area contributed by atoms with Gasteiger partial charge in [0.05, 0.1) is 44.4 Å². The second kappa shape index (κ2) is 12.2. The number of nitrogens with zero attached hydrogens (tertiary/aromatic N) is 1. The highest BCUT2D eigenvalue weighted by molar-refractivity contribution is 6.32. The number of methoxy groups -OCH3 is 4. The van der Waals surface area contributed by atoms with Crippen LogP contribution in [0.25, 0.3) is 10.9 Å². The van der Waals surface area contributed by atoms with E-state index >= 15 is 0 Å². The summed E-state index contributed by atoms with van der Waals surface area (Å²) in [6.45, 7) is 0. The van der Waals surface area contributed by atoms with Crippen LogP contribution in [0.3, 0.4) is 0 Å². The molecule has 2 fully saturated rings. The number of ether oxygens (including phenoxy) is 5. The highest BCUT2D eigenvalue weighted by Crippen LogP contribution is 2.46. The van der Waals surface area contributed by atoms with Crippen molar-refractivity contribution in [3.05, 3.63) is 51.0 Å². The predicted octanol–water partition coefficient (Wildman–Crippen LogP) is 4.85. The van der Waals surface area contributed by atoms with Gasteiger partial charge in [0.1, 0.15) is 28.8 Å². The molecule has 0 radical (unpaired) electrons. The summed E-state index contributed by atoms with van der Waals surface area (Å²) in [4.78, 5) is 47.3. The Morgan fingerprint density at radius 1 is 0.929 bits per heavy atom. The van der Waals surface area contributed by atoms with Gasteiger partial charge in [-0.1, -0.05) is 24.4 Å². The van der Waals surface area contributed by atoms with E-state index < -0.39 is 23.0 Å². The minimum absolute atomic E-state index is 0.0696. The third-order valence-electron chi connectivity index (χ3n) is 8.58. The third kappa shape index (κ3) is 5.64. The van der Waals surface area contributed by atoms with Gasteiger partial charge in [0.2, 0.25) is 0 Å². The molecule has 0 spiro atoms. The number of halogens is 1. The van der Waals surface area contributed by atoms with Gasteiger partial charge in [0.25, 0.3) is 5.56 Å². The van der Waals surface area contributed by atoms with E-state index in [-0.39, 0.29) is 30.4 Å². The standard InChI is InChI=1S/C31H35ClN2O8/c1-38-24-15-25(39-2)21(32)11-17(24)9-10-31(18-7-5-6-8-18)16-23(35)20(30(37)42-31)13-28-33-22-14-27(41-4)26(40-3)12-19(22)29(36)34-28/h11-12,14-15,18,20H,5-10,13,16H2,1-4H3,(H,33,34,36). The number of nitrogens with one attached hydrogen (secondary N) is 1. The molecular formula is C31H35ClN2O8. The van der Waals surface area contributed by atoms with Gasteiger partial charge in [-0.2, -0.15) is 0 Å². The number of fused-ring (bicyclic) bond motifs is 1. The van der Waals surface area contributed by atoms with E-state index in [1.807, 2.05) is 0 Å². The van der Waals surface area contributed by atoms with Crippen molar-refractivity contribution in [2.45, 2.75) is 57.0 Å². The summed E-state index contributed by atoms with van der Waals surface area (Å²) in [5, 5.41) is 0.760. The molecule has 11 heteroatoms. The minimum atomic E-state index is -1.06. The smallest absolute Gasteiger partial charge is 0.317 e. The highest BCUT2D eigenvalue weighted by Gasteiger charge is 2.51. The summed E-state index contributed by atoms with van der Waals surface area (Å²) < 4.78 is 27.8. The maximum atomic E-state index is 13.7. The molecule has 1 saturated carbocycles. The van der Waals surface area contributed by atoms with Crippen LogP contribution in [-0.4, -0.2) is 55.8 Å². The van der Waals surface area contributed by atoms with Gasteiger partial charge in [0, 0.05) is 25.0 Å². The first-order valence-electron chi connectivity index (χ1n) is 14.0. The number of aromatic nitrogens is 2. The molecule has 1 saturated heterocycles. The fourth-order valence-corrected chi connectivity index (χ4v) is 6.61. The van der Waals surface area contributed by atoms with Gasteiger partial charge in [-0.3, -0.25) is 14.4 Å². The predicted molar refractivity (Wildman–Crippen MR) is 156 cm³/mol. The summed E-state index contributed by atoms with van der Waals surface area (Å²) >= 11 is 6.40. The van der Waals surface area contributed by atoms with Crippen LogP contribution in [0.5, 0.6) is 23.0 Å². The molecule has 224 valence electrons. The first-order valence-corrected chi connectivity index (χ1v) is 14.4. The van der Waals surface area contributed by atoms with E-state index in [0.29, 0.717) is 51.8 Å². The molecular weight excluding hydrogens is 564 g/mol. The zero-order valence-corrected chi connectivity index (χ0v) is 25.0. The number of carbonyl (C=O) groups is 2. The van der Waals surface area contributed by atoms with Gasteiger partial charge in [-0.15, -0.1) is 0 Å². The molecule has 2 aliphatic rings. The SMILES string of the molecule is COc1cc(OC)c(CCC2(C3CCCC3)CC(=O)C(Cc3nc4cc(OC)c(OC)cc4c(=O)[nH]3)C(=O)O2)cc1Cl. The maximum Gasteiger partial charge on any atom is 0.317 e. The molecule has 0 amide bonds. The van der Waals surface area contributed by atoms with Crippen LogP contribution >= 0.6 is 11.6 Å². The molecule has 42 heavy (non-hydrogen) atoms. The van der Waals surface area contributed by atoms with E-state index in [4.69, 9.17) is 35.3 Å². The topological polar surface area (TPSA) is 126 Å². The average Bonchev–Trinajstić information content (AvgIpc) is 3.53. The Labute approximate surface area is 248 Å². The van der Waals surface area contributed by atoms with Gasteiger partial charge in [-0.05, 0) is 49.3 Å². The molecule has 5 rings (SSSR count). The molecule has 3 aromatic rings. The van der Waals surface area contributed by atoms with Crippen molar-refractivity contribution in [1.29, 1.82) is 0 Å². The highest BCUT2D eigenvalue weighted by atomic mass is 35.5. The number of rotatable bonds is 10. The number of aromatic amines is 1. The van der Waals surface area contributed by atoms with Gasteiger partial charge in [-0.25, -0.2) is 4.98 Å². The summed E-state index contributed by atoms with van der Waals surface area (Å²) in [5.41, 5.74) is -0.112. The quantitative estimate of drug-likeness (QED) is 0.257. The van der Waals surface area contributed by atoms with Crippen molar-refractivity contribution in [2.75, 3.05) is 28.4 Å². The van der Waals surface area contributed by atoms with Crippen molar-refractivity contribution in [1.82, 2.24) is 9.97 Å². The van der Waals surface area contributed by atoms with Crippen LogP contribution in [0.1, 0.15) is 49.9 Å². The molecule has 2 unspecified atom stereocenters. The molecule has 2 heterocycles. The molecule has 2 atom stereocenters. The number of carbonyl (C=O) groups excluding carboxylic acids is 2. The van der Waals surface area contributed by atoms with Crippen molar-refractivity contribution in [2.24, 2.45) is 11.8 Å². The Bertz CT molecular complexity index is 1540. The molecule has 1 N–H and O–H groups in total. The first-order chi connectivity index (χ1) is 20.2. The fraction of sp³-hybridized carbons (Fsp3) is 0.484. The number of H-pyrrole nitrogens is 1. The lowest BCUT2D eigenvalue weighted by Crippen LogP contribution is -2.52. The lowest BCUT2D eigenvalue weighted by atomic mass is 9.73. The van der Waals surface area contributed by atoms with Crippen LogP contribution in [0, 0.1) is 11.8 Å². The number of aryl methyl sites for hydroxylation is 1. The summed E-state index contributed by atoms with van der Waals surface area (Å²) in [7, 11) is 6.08. The summed E-state index contributed by atoms with van der Waals surface area (Å²) in [5.74, 6) is 0.360. The number of hydrogen-bond acceptors (Lipinski definition) is 9. The number of ketones is 1. The number of hydrogen-bond donors (Lipinski definition) is 1.